The number of methoxy groups -OCH3 is 4. The van der Waals surface area contributed by atoms with E-state index in [1.165, 1.54) is 19.3 Å². The Morgan fingerprint density at radius 3 is 2.13 bits per heavy atom. The second-order valence-corrected chi connectivity index (χ2v) is 20.4. The van der Waals surface area contributed by atoms with Crippen LogP contribution in [0, 0.1) is 52.3 Å². The SMILES string of the molecule is CC[C@H]1[C@@H](OCOC)C2C3CC[C@H]([C@H](C)C/C=C(/OC)O[Si](C)(C)C)[C@@]3(C)[C@@H](OCOC)CC2[C@@]2(C)CC[C@@H](OCOC)C[C@@H]12. The number of allylic oxidation sites excluding steroid dienone is 1. The molecule has 0 heterocycles. The maximum atomic E-state index is 6.83. The van der Waals surface area contributed by atoms with Crippen LogP contribution in [0.4, 0.5) is 0 Å². The average Bonchev–Trinajstić information content (AvgIpc) is 3.37. The normalized spacial score (nSPS) is 40.8. The molecule has 262 valence electrons. The lowest BCUT2D eigenvalue weighted by molar-refractivity contribution is -0.266. The molecule has 0 aromatic rings. The summed E-state index contributed by atoms with van der Waals surface area (Å²) in [5.74, 6) is 4.11. The molecule has 0 amide bonds. The van der Waals surface area contributed by atoms with Crippen molar-refractivity contribution in [1.82, 2.24) is 0 Å². The van der Waals surface area contributed by atoms with E-state index in [4.69, 9.17) is 37.6 Å². The maximum Gasteiger partial charge on any atom is 0.260 e. The molecule has 0 aromatic carbocycles. The fourth-order valence-electron chi connectivity index (χ4n) is 10.8. The van der Waals surface area contributed by atoms with E-state index in [2.05, 4.69) is 53.4 Å². The summed E-state index contributed by atoms with van der Waals surface area (Å²) in [6, 6.07) is 0. The van der Waals surface area contributed by atoms with Crippen molar-refractivity contribution in [3.8, 4) is 0 Å². The summed E-state index contributed by atoms with van der Waals surface area (Å²) in [6.07, 6.45) is 11.5. The summed E-state index contributed by atoms with van der Waals surface area (Å²) in [7, 11) is 5.17. The molecule has 4 saturated carbocycles. The van der Waals surface area contributed by atoms with Crippen molar-refractivity contribution in [2.45, 2.75) is 117 Å². The summed E-state index contributed by atoms with van der Waals surface area (Å²) in [5.41, 5.74) is 0.212. The molecule has 0 spiro atoms. The minimum absolute atomic E-state index is 0.00870. The first-order valence-corrected chi connectivity index (χ1v) is 21.0. The zero-order valence-electron chi connectivity index (χ0n) is 30.4. The first-order chi connectivity index (χ1) is 21.4. The summed E-state index contributed by atoms with van der Waals surface area (Å²) >= 11 is 0. The molecule has 0 aliphatic heterocycles. The van der Waals surface area contributed by atoms with Crippen LogP contribution in [0.15, 0.2) is 12.0 Å². The van der Waals surface area contributed by atoms with E-state index < -0.39 is 8.32 Å². The van der Waals surface area contributed by atoms with Gasteiger partial charge in [-0.3, -0.25) is 0 Å². The number of ether oxygens (including phenoxy) is 7. The lowest BCUT2D eigenvalue weighted by Gasteiger charge is -2.66. The Balaban J connectivity index is 1.70. The highest BCUT2D eigenvalue weighted by Gasteiger charge is 2.68. The molecule has 8 nitrogen and oxygen atoms in total. The molecule has 4 aliphatic rings. The highest BCUT2D eigenvalue weighted by molar-refractivity contribution is 6.70. The molecule has 4 rings (SSSR count). The molecule has 45 heavy (non-hydrogen) atoms. The lowest BCUT2D eigenvalue weighted by atomic mass is 9.40. The summed E-state index contributed by atoms with van der Waals surface area (Å²) in [4.78, 5) is 0. The third kappa shape index (κ3) is 7.65. The monoisotopic (exact) mass is 654 g/mol. The van der Waals surface area contributed by atoms with E-state index in [0.717, 1.165) is 32.1 Å². The van der Waals surface area contributed by atoms with E-state index in [1.807, 2.05) is 0 Å². The molecule has 0 saturated heterocycles. The molecule has 4 fully saturated rings. The minimum atomic E-state index is -1.76. The van der Waals surface area contributed by atoms with Gasteiger partial charge < -0.3 is 37.6 Å². The zero-order valence-corrected chi connectivity index (χ0v) is 31.4. The molecule has 0 aromatic heterocycles. The maximum absolute atomic E-state index is 6.83. The molecule has 4 aliphatic carbocycles. The van der Waals surface area contributed by atoms with E-state index in [9.17, 15) is 0 Å². The average molecular weight is 655 g/mol. The largest absolute Gasteiger partial charge is 0.520 e. The quantitative estimate of drug-likeness (QED) is 0.0947. The Labute approximate surface area is 275 Å². The van der Waals surface area contributed by atoms with E-state index >= 15 is 0 Å². The van der Waals surface area contributed by atoms with Crippen molar-refractivity contribution in [3.05, 3.63) is 12.0 Å². The van der Waals surface area contributed by atoms with Crippen LogP contribution in [-0.2, 0) is 37.6 Å². The molecule has 3 unspecified atom stereocenters. The molecule has 0 radical (unpaired) electrons. The van der Waals surface area contributed by atoms with Crippen molar-refractivity contribution in [1.29, 1.82) is 0 Å². The fourth-order valence-corrected chi connectivity index (χ4v) is 11.6. The van der Waals surface area contributed by atoms with Gasteiger partial charge in [0.05, 0.1) is 25.4 Å². The van der Waals surface area contributed by atoms with Crippen LogP contribution in [-0.4, -0.2) is 75.4 Å². The Hall–Kier alpha value is -0.683. The smallest absolute Gasteiger partial charge is 0.260 e. The van der Waals surface area contributed by atoms with Crippen LogP contribution < -0.4 is 0 Å². The highest BCUT2D eigenvalue weighted by atomic mass is 28.4. The van der Waals surface area contributed by atoms with Crippen LogP contribution in [0.5, 0.6) is 0 Å². The summed E-state index contributed by atoms with van der Waals surface area (Å²) < 4.78 is 48.2. The summed E-state index contributed by atoms with van der Waals surface area (Å²) in [5, 5.41) is 0. The van der Waals surface area contributed by atoms with Gasteiger partial charge in [-0.05, 0) is 118 Å². The molecule has 12 atom stereocenters. The Morgan fingerprint density at radius 2 is 1.51 bits per heavy atom. The standard InChI is InChI=1S/C36H66O8Si/c1-12-26-29-19-25(41-21-37-5)17-18-35(29,3)30-20-31(42-22-38-6)36(4)27(14-15-28(36)33(30)34(26)43-23-39-7)24(2)13-16-32(40-8)44-45(9,10)11/h16,24-31,33-34H,12-15,17-23H2,1-11H3/b32-16-/t24-,25-,26-,27-,28?,29+,30?,31+,33?,34-,35+,36-/m1/s1. The Morgan fingerprint density at radius 1 is 0.844 bits per heavy atom. The van der Waals surface area contributed by atoms with Gasteiger partial charge in [-0.25, -0.2) is 0 Å². The molecule has 0 bridgehead atoms. The number of fused-ring (bicyclic) bond motifs is 5. The Kier molecular flexibility index (Phi) is 12.9. The van der Waals surface area contributed by atoms with Crippen LogP contribution in [0.1, 0.15) is 79.1 Å². The van der Waals surface area contributed by atoms with Gasteiger partial charge in [0.25, 0.3) is 5.95 Å². The third-order valence-electron chi connectivity index (χ3n) is 12.6. The highest BCUT2D eigenvalue weighted by Crippen LogP contribution is 2.70. The van der Waals surface area contributed by atoms with E-state index in [0.29, 0.717) is 67.7 Å². The second kappa shape index (κ2) is 15.7. The van der Waals surface area contributed by atoms with Gasteiger partial charge in [-0.1, -0.05) is 34.1 Å². The molecular weight excluding hydrogens is 588 g/mol. The summed E-state index contributed by atoms with van der Waals surface area (Å²) in [6.45, 7) is 17.5. The number of hydrogen-bond donors (Lipinski definition) is 0. The first kappa shape index (κ1) is 37.1. The number of hydrogen-bond acceptors (Lipinski definition) is 8. The van der Waals surface area contributed by atoms with Crippen molar-refractivity contribution in [3.63, 3.8) is 0 Å². The van der Waals surface area contributed by atoms with Crippen LogP contribution >= 0.6 is 0 Å². The van der Waals surface area contributed by atoms with E-state index in [1.54, 1.807) is 28.4 Å². The Bertz CT molecular complexity index is 956. The van der Waals surface area contributed by atoms with Gasteiger partial charge in [0.2, 0.25) is 8.32 Å². The topological polar surface area (TPSA) is 73.8 Å². The number of rotatable bonds is 16. The molecule has 0 N–H and O–H groups in total. The van der Waals surface area contributed by atoms with Gasteiger partial charge in [-0.15, -0.1) is 0 Å². The van der Waals surface area contributed by atoms with Crippen molar-refractivity contribution >= 4 is 8.32 Å². The minimum Gasteiger partial charge on any atom is -0.520 e. The van der Waals surface area contributed by atoms with Crippen molar-refractivity contribution in [2.24, 2.45) is 52.3 Å². The van der Waals surface area contributed by atoms with Gasteiger partial charge in [-0.2, -0.15) is 0 Å². The van der Waals surface area contributed by atoms with Crippen molar-refractivity contribution < 1.29 is 37.6 Å². The van der Waals surface area contributed by atoms with Gasteiger partial charge in [0, 0.05) is 26.7 Å². The first-order valence-electron chi connectivity index (χ1n) is 17.6. The predicted octanol–water partition coefficient (Wildman–Crippen LogP) is 7.83. The van der Waals surface area contributed by atoms with Gasteiger partial charge in [0.1, 0.15) is 20.4 Å². The zero-order chi connectivity index (χ0) is 33.0. The molecular formula is C36H66O8Si. The van der Waals surface area contributed by atoms with Crippen molar-refractivity contribution in [2.75, 3.05) is 48.8 Å². The lowest BCUT2D eigenvalue weighted by Crippen LogP contribution is -2.66. The fraction of sp³-hybridized carbons (Fsp3) is 0.944. The van der Waals surface area contributed by atoms with Gasteiger partial charge in [0.15, 0.2) is 0 Å². The second-order valence-electron chi connectivity index (χ2n) is 16.0. The molecule has 9 heteroatoms. The predicted molar refractivity (Wildman–Crippen MR) is 179 cm³/mol. The van der Waals surface area contributed by atoms with Crippen LogP contribution in [0.3, 0.4) is 0 Å². The van der Waals surface area contributed by atoms with E-state index in [-0.39, 0.29) is 29.1 Å². The van der Waals surface area contributed by atoms with Gasteiger partial charge >= 0.3 is 0 Å². The van der Waals surface area contributed by atoms with Crippen LogP contribution in [0.2, 0.25) is 19.6 Å². The van der Waals surface area contributed by atoms with Crippen LogP contribution in [0.25, 0.3) is 0 Å². The third-order valence-corrected chi connectivity index (χ3v) is 13.4.